The van der Waals surface area contributed by atoms with Gasteiger partial charge in [-0.2, -0.15) is 0 Å². The Morgan fingerprint density at radius 2 is 1.20 bits per heavy atom. The molecule has 0 rings (SSSR count). The summed E-state index contributed by atoms with van der Waals surface area (Å²) in [5.74, 6) is 0. The Labute approximate surface area is 115 Å². The van der Waals surface area contributed by atoms with Crippen LogP contribution in [-0.4, -0.2) is 72.0 Å². The summed E-state index contributed by atoms with van der Waals surface area (Å²) in [6.07, 6.45) is 0. The fraction of sp³-hybridized carbons (Fsp3) is 0. The minimum absolute atomic E-state index is 0. The van der Waals surface area contributed by atoms with E-state index in [0.29, 0.717) is 0 Å². The molecule has 0 saturated heterocycles. The Hall–Kier alpha value is 3.80. The second-order valence-electron chi connectivity index (χ2n) is 0. The van der Waals surface area contributed by atoms with Crippen molar-refractivity contribution in [2.75, 3.05) is 0 Å². The zero-order chi connectivity index (χ0) is 2.00. The largest absolute Gasteiger partial charge is 0 e. The average Bonchev–Trinajstić information content (AvgIpc) is 1.00. The molecular formula is HCuKSSnZn. The first-order valence-corrected chi connectivity index (χ1v) is 4.11. The smallest absolute Gasteiger partial charge is 0 e. The first-order valence-electron chi connectivity index (χ1n) is 0.204. The van der Waals surface area contributed by atoms with Gasteiger partial charge in [-0.05, 0) is 0 Å². The van der Waals surface area contributed by atoms with Crippen LogP contribution in [-0.2, 0) is 36.5 Å². The molecule has 3 radical (unpaired) electrons. The van der Waals surface area contributed by atoms with Gasteiger partial charge in [-0.3, -0.25) is 0 Å². The standard InChI is InChI=1S/Cu.K.S.Sn.Zn.H. The molecule has 0 aromatic carbocycles. The van der Waals surface area contributed by atoms with E-state index < -0.39 is 0 Å². The summed E-state index contributed by atoms with van der Waals surface area (Å²) in [4.78, 5) is 0. The van der Waals surface area contributed by atoms with Crippen LogP contribution < -0.4 is 0 Å². The van der Waals surface area contributed by atoms with Gasteiger partial charge in [-0.1, -0.05) is 0 Å². The zero-order valence-electron chi connectivity index (χ0n) is 1.92. The molecule has 0 bridgehead atoms. The molecule has 0 spiro atoms. The fourth-order valence-corrected chi connectivity index (χ4v) is 0. The number of hydrogen-bond donors (Lipinski definition) is 0. The van der Waals surface area contributed by atoms with Crippen LogP contribution in [0.2, 0.25) is 0 Å². The van der Waals surface area contributed by atoms with Gasteiger partial charge in [0.1, 0.15) is 0 Å². The van der Waals surface area contributed by atoms with Crippen LogP contribution in [0.25, 0.3) is 0 Å². The van der Waals surface area contributed by atoms with E-state index in [4.69, 9.17) is 0 Å². The van der Waals surface area contributed by atoms with Crippen LogP contribution in [0, 0.1) is 0 Å². The molecule has 0 aliphatic rings. The maximum Gasteiger partial charge on any atom is 0 e. The predicted octanol–water partition coefficient (Wildman–Crippen LogP) is -0.386. The van der Waals surface area contributed by atoms with Crippen molar-refractivity contribution in [3.8, 4) is 0 Å². The van der Waals surface area contributed by atoms with E-state index >= 15 is 0 Å². The van der Waals surface area contributed by atoms with E-state index in [0.717, 1.165) is 20.6 Å². The van der Waals surface area contributed by atoms with Gasteiger partial charge in [0, 0.05) is 36.5 Å². The Balaban J connectivity index is -0.00000000167. The molecule has 0 heterocycles. The minimum Gasteiger partial charge on any atom is 0 e. The molecule has 0 aliphatic heterocycles. The van der Waals surface area contributed by atoms with E-state index in [1.54, 1.807) is 0 Å². The average molecular weight is 320 g/mol. The number of rotatable bonds is 0. The van der Waals surface area contributed by atoms with Crippen molar-refractivity contribution in [2.24, 2.45) is 0 Å². The molecule has 0 amide bonds. The van der Waals surface area contributed by atoms with Crippen molar-refractivity contribution in [2.45, 2.75) is 0 Å². The van der Waals surface area contributed by atoms with E-state index in [-0.39, 0.29) is 87.9 Å². The molecule has 5 heavy (non-hydrogen) atoms. The molecule has 5 heteroatoms. The fourth-order valence-electron chi connectivity index (χ4n) is 0. The second-order valence-corrected chi connectivity index (χ2v) is 0. The monoisotopic (exact) mass is 319 g/mol. The zero-order valence-corrected chi connectivity index (χ0v) is 9.50. The van der Waals surface area contributed by atoms with Gasteiger partial charge in [0.2, 0.25) is 0 Å². The van der Waals surface area contributed by atoms with E-state index in [2.05, 4.69) is 9.29 Å². The Kier molecular flexibility index (Phi) is 116. The third kappa shape index (κ3) is 18.2. The third-order valence-corrected chi connectivity index (χ3v) is 0. The first-order chi connectivity index (χ1) is 1.00. The van der Waals surface area contributed by atoms with Gasteiger partial charge < -0.3 is 0 Å². The summed E-state index contributed by atoms with van der Waals surface area (Å²) in [5.41, 5.74) is 0. The number of hydrogen-bond acceptors (Lipinski definition) is 1. The van der Waals surface area contributed by atoms with Crippen LogP contribution in [0.5, 0.6) is 0 Å². The summed E-state index contributed by atoms with van der Waals surface area (Å²) in [6.45, 7) is 0. The molecule has 0 aromatic heterocycles. The van der Waals surface area contributed by atoms with Gasteiger partial charge in [0.25, 0.3) is 0 Å². The molecule has 0 nitrogen and oxygen atoms in total. The maximum atomic E-state index is 4.17. The molecule has 0 fully saturated rings. The van der Waals surface area contributed by atoms with Crippen LogP contribution in [0.3, 0.4) is 0 Å². The van der Waals surface area contributed by atoms with Crippen molar-refractivity contribution < 1.29 is 36.5 Å². The third-order valence-electron chi connectivity index (χ3n) is 0. The summed E-state index contributed by atoms with van der Waals surface area (Å²) < 4.78 is 0. The molecule has 0 unspecified atom stereocenters. The summed E-state index contributed by atoms with van der Waals surface area (Å²) in [7, 11) is 4.17. The maximum absolute atomic E-state index is 4.17. The van der Waals surface area contributed by atoms with Gasteiger partial charge in [0.05, 0.1) is 0 Å². The van der Waals surface area contributed by atoms with E-state index in [1.807, 2.05) is 0 Å². The van der Waals surface area contributed by atoms with Gasteiger partial charge >= 0.3 is 81.3 Å². The van der Waals surface area contributed by atoms with Crippen molar-refractivity contribution in [3.63, 3.8) is 0 Å². The molecule has 0 N–H and O–H groups in total. The van der Waals surface area contributed by atoms with Gasteiger partial charge in [-0.15, -0.1) is 0 Å². The van der Waals surface area contributed by atoms with E-state index in [9.17, 15) is 0 Å². The molecule has 0 aromatic rings. The summed E-state index contributed by atoms with van der Waals surface area (Å²) in [6, 6.07) is 0. The molecule has 0 aliphatic carbocycles. The topological polar surface area (TPSA) is 0 Å². The second kappa shape index (κ2) is 25.0. The van der Waals surface area contributed by atoms with Crippen molar-refractivity contribution in [1.82, 2.24) is 0 Å². The SMILES string of the molecule is [Cu].[KH].[S]=[Sn].[Zn]. The Morgan fingerprint density at radius 3 is 1.20 bits per heavy atom. The molecule has 0 saturated carbocycles. The first kappa shape index (κ1) is 23.2. The molecule has 25 valence electrons. The molecule has 0 atom stereocenters. The Morgan fingerprint density at radius 1 is 1.20 bits per heavy atom. The van der Waals surface area contributed by atoms with Crippen LogP contribution in [0.15, 0.2) is 0 Å². The summed E-state index contributed by atoms with van der Waals surface area (Å²) >= 11 is 1.13. The predicted molar refractivity (Wildman–Crippen MR) is 20.5 cm³/mol. The minimum atomic E-state index is 0. The van der Waals surface area contributed by atoms with Crippen LogP contribution in [0.4, 0.5) is 0 Å². The van der Waals surface area contributed by atoms with Crippen molar-refractivity contribution in [3.05, 3.63) is 0 Å². The molecular weight excluding hydrogens is 319 g/mol. The van der Waals surface area contributed by atoms with Crippen LogP contribution >= 0.6 is 9.29 Å². The van der Waals surface area contributed by atoms with Gasteiger partial charge in [0.15, 0.2) is 0 Å². The summed E-state index contributed by atoms with van der Waals surface area (Å²) in [5, 5.41) is 0. The van der Waals surface area contributed by atoms with Crippen LogP contribution in [0.1, 0.15) is 0 Å². The Bertz CT molecular complexity index is 11.6. The van der Waals surface area contributed by atoms with Crippen molar-refractivity contribution in [1.29, 1.82) is 0 Å². The van der Waals surface area contributed by atoms with E-state index in [1.165, 1.54) is 0 Å². The quantitative estimate of drug-likeness (QED) is 0.548. The van der Waals surface area contributed by atoms with Crippen molar-refractivity contribution >= 4 is 81.3 Å². The normalized spacial score (nSPS) is 0.800. The van der Waals surface area contributed by atoms with Gasteiger partial charge in [-0.25, -0.2) is 0 Å².